The molecule has 7 nitrogen and oxygen atoms in total. The predicted molar refractivity (Wildman–Crippen MR) is 109 cm³/mol. The first-order valence-corrected chi connectivity index (χ1v) is 9.05. The lowest BCUT2D eigenvalue weighted by molar-refractivity contribution is -0.136. The Kier molecular flexibility index (Phi) is 7.14. The molecule has 28 heavy (non-hydrogen) atoms. The average molecular weight is 383 g/mol. The molecular formula is C21H25N3O4. The van der Waals surface area contributed by atoms with Crippen LogP contribution in [0.1, 0.15) is 41.8 Å². The Hall–Kier alpha value is -3.35. The number of carbonyl (C=O) groups is 3. The van der Waals surface area contributed by atoms with E-state index in [2.05, 4.69) is 16.0 Å². The fraction of sp³-hybridized carbons (Fsp3) is 0.286. The number of aliphatic carboxylic acids is 1. The van der Waals surface area contributed by atoms with E-state index in [1.165, 1.54) is 0 Å². The highest BCUT2D eigenvalue weighted by molar-refractivity contribution is 6.01. The van der Waals surface area contributed by atoms with E-state index in [1.807, 2.05) is 26.8 Å². The van der Waals surface area contributed by atoms with E-state index in [0.717, 1.165) is 11.1 Å². The average Bonchev–Trinajstić information content (AvgIpc) is 2.59. The summed E-state index contributed by atoms with van der Waals surface area (Å²) in [6.07, 6.45) is 0.428. The first kappa shape index (κ1) is 21.0. The van der Waals surface area contributed by atoms with Gasteiger partial charge < -0.3 is 21.1 Å². The number of urea groups is 1. The van der Waals surface area contributed by atoms with Crippen molar-refractivity contribution in [2.24, 2.45) is 0 Å². The van der Waals surface area contributed by atoms with Crippen LogP contribution in [0.15, 0.2) is 42.5 Å². The molecule has 4 N–H and O–H groups in total. The van der Waals surface area contributed by atoms with Gasteiger partial charge in [0.2, 0.25) is 0 Å². The molecule has 0 aliphatic rings. The maximum Gasteiger partial charge on any atom is 0.323 e. The van der Waals surface area contributed by atoms with E-state index in [9.17, 15) is 14.4 Å². The van der Waals surface area contributed by atoms with E-state index in [4.69, 9.17) is 5.11 Å². The molecule has 2 aromatic carbocycles. The molecule has 0 saturated carbocycles. The van der Waals surface area contributed by atoms with Gasteiger partial charge in [0.05, 0.1) is 0 Å². The molecular weight excluding hydrogens is 358 g/mol. The molecule has 0 aliphatic heterocycles. The van der Waals surface area contributed by atoms with Gasteiger partial charge in [-0.3, -0.25) is 9.59 Å². The van der Waals surface area contributed by atoms with Crippen LogP contribution in [0.25, 0.3) is 0 Å². The van der Waals surface area contributed by atoms with Crippen molar-refractivity contribution in [3.63, 3.8) is 0 Å². The molecule has 0 bridgehead atoms. The number of nitrogens with one attached hydrogen (secondary N) is 3. The second kappa shape index (κ2) is 9.55. The molecule has 7 heteroatoms. The first-order chi connectivity index (χ1) is 13.2. The Morgan fingerprint density at radius 1 is 1.00 bits per heavy atom. The monoisotopic (exact) mass is 383 g/mol. The topological polar surface area (TPSA) is 108 Å². The Balaban J connectivity index is 1.99. The molecule has 0 aliphatic carbocycles. The van der Waals surface area contributed by atoms with Gasteiger partial charge in [-0.25, -0.2) is 4.79 Å². The number of carbonyl (C=O) groups excluding carboxylic acids is 2. The number of amides is 3. The van der Waals surface area contributed by atoms with Gasteiger partial charge in [0.15, 0.2) is 0 Å². The summed E-state index contributed by atoms with van der Waals surface area (Å²) in [5.74, 6) is -1.02. The Labute approximate surface area is 164 Å². The van der Waals surface area contributed by atoms with Gasteiger partial charge in [-0.2, -0.15) is 0 Å². The van der Waals surface area contributed by atoms with Gasteiger partial charge in [0.25, 0.3) is 5.91 Å². The number of anilines is 2. The number of hydrogen-bond donors (Lipinski definition) is 4. The molecule has 0 saturated heterocycles. The third-order valence-corrected chi connectivity index (χ3v) is 3.96. The van der Waals surface area contributed by atoms with Crippen LogP contribution < -0.4 is 16.0 Å². The molecule has 0 radical (unpaired) electrons. The number of hydrogen-bond acceptors (Lipinski definition) is 3. The lowest BCUT2D eigenvalue weighted by atomic mass is 10.1. The van der Waals surface area contributed by atoms with Crippen LogP contribution in [0.5, 0.6) is 0 Å². The summed E-state index contributed by atoms with van der Waals surface area (Å²) in [4.78, 5) is 35.0. The Morgan fingerprint density at radius 3 is 2.29 bits per heavy atom. The quantitative estimate of drug-likeness (QED) is 0.583. The maximum atomic E-state index is 12.2. The number of benzene rings is 2. The molecule has 2 rings (SSSR count). The lowest BCUT2D eigenvalue weighted by Crippen LogP contribution is -2.30. The summed E-state index contributed by atoms with van der Waals surface area (Å²) >= 11 is 0. The van der Waals surface area contributed by atoms with Gasteiger partial charge in [0.1, 0.15) is 0 Å². The minimum atomic E-state index is -0.864. The molecule has 0 aromatic heterocycles. The molecule has 2 aromatic rings. The normalized spacial score (nSPS) is 10.4. The summed E-state index contributed by atoms with van der Waals surface area (Å²) in [6.45, 7) is 5.60. The van der Waals surface area contributed by atoms with Crippen molar-refractivity contribution in [2.75, 3.05) is 10.6 Å². The number of carboxylic acid groups (broad SMARTS) is 1. The second-order valence-electron chi connectivity index (χ2n) is 6.83. The summed E-state index contributed by atoms with van der Waals surface area (Å²) in [5, 5.41) is 17.1. The third-order valence-electron chi connectivity index (χ3n) is 3.96. The lowest BCUT2D eigenvalue weighted by Gasteiger charge is -2.13. The van der Waals surface area contributed by atoms with Crippen molar-refractivity contribution in [3.05, 3.63) is 59.2 Å². The minimum absolute atomic E-state index is 0.0334. The zero-order valence-corrected chi connectivity index (χ0v) is 16.2. The summed E-state index contributed by atoms with van der Waals surface area (Å²) in [6, 6.07) is 11.8. The van der Waals surface area contributed by atoms with Gasteiger partial charge in [-0.1, -0.05) is 12.1 Å². The fourth-order valence-electron chi connectivity index (χ4n) is 2.69. The molecule has 148 valence electrons. The molecule has 0 unspecified atom stereocenters. The minimum Gasteiger partial charge on any atom is -0.481 e. The number of rotatable bonds is 7. The van der Waals surface area contributed by atoms with Gasteiger partial charge in [0, 0.05) is 29.4 Å². The molecule has 0 spiro atoms. The van der Waals surface area contributed by atoms with Gasteiger partial charge in [-0.05, 0) is 68.7 Å². The zero-order chi connectivity index (χ0) is 20.7. The van der Waals surface area contributed by atoms with Crippen molar-refractivity contribution in [1.29, 1.82) is 0 Å². The van der Waals surface area contributed by atoms with Crippen LogP contribution in [-0.2, 0) is 11.2 Å². The van der Waals surface area contributed by atoms with Crippen LogP contribution in [0.4, 0.5) is 16.2 Å². The van der Waals surface area contributed by atoms with Crippen molar-refractivity contribution in [1.82, 2.24) is 5.32 Å². The van der Waals surface area contributed by atoms with Crippen molar-refractivity contribution >= 4 is 29.3 Å². The van der Waals surface area contributed by atoms with Crippen molar-refractivity contribution in [3.8, 4) is 0 Å². The smallest absolute Gasteiger partial charge is 0.323 e. The summed E-state index contributed by atoms with van der Waals surface area (Å²) in [5.41, 5.74) is 3.29. The fourth-order valence-corrected chi connectivity index (χ4v) is 2.69. The Bertz CT molecular complexity index is 878. The van der Waals surface area contributed by atoms with Crippen molar-refractivity contribution in [2.45, 2.75) is 39.7 Å². The van der Waals surface area contributed by atoms with Crippen LogP contribution >= 0.6 is 0 Å². The highest BCUT2D eigenvalue weighted by Gasteiger charge is 2.11. The summed E-state index contributed by atoms with van der Waals surface area (Å²) < 4.78 is 0. The van der Waals surface area contributed by atoms with Gasteiger partial charge >= 0.3 is 12.0 Å². The largest absolute Gasteiger partial charge is 0.481 e. The molecule has 3 amide bonds. The highest BCUT2D eigenvalue weighted by Crippen LogP contribution is 2.17. The van der Waals surface area contributed by atoms with Crippen LogP contribution in [0, 0.1) is 6.92 Å². The SMILES string of the molecule is Cc1cc(NC(=O)Nc2cccc(CCC(=O)O)c2)ccc1C(=O)NC(C)C. The van der Waals surface area contributed by atoms with Crippen LogP contribution in [0.3, 0.4) is 0 Å². The van der Waals surface area contributed by atoms with Crippen molar-refractivity contribution < 1.29 is 19.5 Å². The van der Waals surface area contributed by atoms with E-state index < -0.39 is 12.0 Å². The predicted octanol–water partition coefficient (Wildman–Crippen LogP) is 3.79. The van der Waals surface area contributed by atoms with Crippen LogP contribution in [0.2, 0.25) is 0 Å². The highest BCUT2D eigenvalue weighted by atomic mass is 16.4. The number of aryl methyl sites for hydroxylation is 2. The van der Waals surface area contributed by atoms with Gasteiger partial charge in [-0.15, -0.1) is 0 Å². The number of carboxylic acids is 1. The third kappa shape index (κ3) is 6.42. The van der Waals surface area contributed by atoms with E-state index >= 15 is 0 Å². The van der Waals surface area contributed by atoms with E-state index in [0.29, 0.717) is 23.4 Å². The van der Waals surface area contributed by atoms with E-state index in [-0.39, 0.29) is 18.4 Å². The standard InChI is InChI=1S/C21H25N3O4/c1-13(2)22-20(27)18-9-8-17(11-14(18)3)24-21(28)23-16-6-4-5-15(12-16)7-10-19(25)26/h4-6,8-9,11-13H,7,10H2,1-3H3,(H,22,27)(H,25,26)(H2,23,24,28). The summed E-state index contributed by atoms with van der Waals surface area (Å²) in [7, 11) is 0. The molecule has 0 fully saturated rings. The molecule has 0 heterocycles. The van der Waals surface area contributed by atoms with E-state index in [1.54, 1.807) is 36.4 Å². The Morgan fingerprint density at radius 2 is 1.68 bits per heavy atom. The first-order valence-electron chi connectivity index (χ1n) is 9.05. The van der Waals surface area contributed by atoms with Crippen LogP contribution in [-0.4, -0.2) is 29.1 Å². The zero-order valence-electron chi connectivity index (χ0n) is 16.2. The molecule has 0 atom stereocenters. The maximum absolute atomic E-state index is 12.2. The second-order valence-corrected chi connectivity index (χ2v) is 6.83.